The Morgan fingerprint density at radius 2 is 1.93 bits per heavy atom. The fraction of sp³-hybridized carbons (Fsp3) is 0.636. The summed E-state index contributed by atoms with van der Waals surface area (Å²) in [5.41, 5.74) is 1.66. The molecule has 0 aromatic heterocycles. The smallest absolute Gasteiger partial charge is 0.249 e. The van der Waals surface area contributed by atoms with E-state index in [0.29, 0.717) is 24.8 Å². The molecule has 2 N–H and O–H groups in total. The minimum Gasteiger partial charge on any atom is -0.394 e. The maximum Gasteiger partial charge on any atom is 0.249 e. The Labute approximate surface area is 167 Å². The molecule has 0 bridgehead atoms. The van der Waals surface area contributed by atoms with Crippen LogP contribution in [0.25, 0.3) is 0 Å². The maximum atomic E-state index is 12.2. The third kappa shape index (κ3) is 5.11. The monoisotopic (exact) mass is 388 g/mol. The van der Waals surface area contributed by atoms with E-state index in [1.54, 1.807) is 4.90 Å². The number of nitrogens with zero attached hydrogens (tertiary/aromatic N) is 1. The van der Waals surface area contributed by atoms with Crippen LogP contribution in [0.2, 0.25) is 0 Å². The lowest BCUT2D eigenvalue weighted by molar-refractivity contribution is -0.161. The predicted octanol–water partition coefficient (Wildman–Crippen LogP) is 3.12. The first-order valence-electron chi connectivity index (χ1n) is 10.4. The molecule has 1 aliphatic heterocycles. The van der Waals surface area contributed by atoms with E-state index in [1.165, 1.54) is 12.8 Å². The van der Waals surface area contributed by atoms with E-state index in [4.69, 9.17) is 4.74 Å². The third-order valence-electron chi connectivity index (χ3n) is 5.68. The zero-order chi connectivity index (χ0) is 20.1. The summed E-state index contributed by atoms with van der Waals surface area (Å²) in [4.78, 5) is 26.2. The van der Waals surface area contributed by atoms with Crippen LogP contribution < -0.4 is 5.32 Å². The van der Waals surface area contributed by atoms with Crippen LogP contribution in [0.15, 0.2) is 24.3 Å². The number of rotatable bonds is 7. The van der Waals surface area contributed by atoms with Crippen molar-refractivity contribution in [1.29, 1.82) is 0 Å². The Hall–Kier alpha value is -1.92. The Bertz CT molecular complexity index is 668. The molecular formula is C22H32N2O4. The van der Waals surface area contributed by atoms with E-state index in [1.807, 2.05) is 24.3 Å². The minimum atomic E-state index is -0.397. The van der Waals surface area contributed by atoms with E-state index in [2.05, 4.69) is 19.2 Å². The molecule has 6 nitrogen and oxygen atoms in total. The van der Waals surface area contributed by atoms with Gasteiger partial charge in [-0.15, -0.1) is 0 Å². The molecule has 154 valence electrons. The van der Waals surface area contributed by atoms with Crippen LogP contribution in [0, 0.1) is 11.8 Å². The van der Waals surface area contributed by atoms with Gasteiger partial charge in [0.05, 0.1) is 12.6 Å². The molecule has 0 spiro atoms. The molecule has 0 radical (unpaired) electrons. The number of hydrogen-bond donors (Lipinski definition) is 2. The summed E-state index contributed by atoms with van der Waals surface area (Å²) in [5, 5.41) is 12.9. The average molecular weight is 389 g/mol. The molecule has 2 unspecified atom stereocenters. The van der Waals surface area contributed by atoms with Crippen LogP contribution >= 0.6 is 0 Å². The first-order valence-corrected chi connectivity index (χ1v) is 10.4. The van der Waals surface area contributed by atoms with Crippen molar-refractivity contribution in [2.75, 3.05) is 25.1 Å². The zero-order valence-corrected chi connectivity index (χ0v) is 16.9. The van der Waals surface area contributed by atoms with Crippen molar-refractivity contribution in [2.45, 2.75) is 58.1 Å². The van der Waals surface area contributed by atoms with E-state index in [-0.39, 0.29) is 31.1 Å². The lowest BCUT2D eigenvalue weighted by Gasteiger charge is -2.41. The van der Waals surface area contributed by atoms with E-state index < -0.39 is 6.04 Å². The summed E-state index contributed by atoms with van der Waals surface area (Å²) in [6.07, 6.45) is 4.99. The van der Waals surface area contributed by atoms with Crippen molar-refractivity contribution in [3.05, 3.63) is 29.8 Å². The number of anilines is 1. The molecule has 28 heavy (non-hydrogen) atoms. The topological polar surface area (TPSA) is 78.9 Å². The summed E-state index contributed by atoms with van der Waals surface area (Å²) in [6, 6.07) is 7.14. The number of carbonyl (C=O) groups is 2. The second-order valence-electron chi connectivity index (χ2n) is 8.45. The van der Waals surface area contributed by atoms with Crippen molar-refractivity contribution < 1.29 is 19.4 Å². The lowest BCUT2D eigenvalue weighted by Crippen LogP contribution is -2.53. The summed E-state index contributed by atoms with van der Waals surface area (Å²) < 4.78 is 5.76. The summed E-state index contributed by atoms with van der Waals surface area (Å²) in [5.74, 6) is 0.814. The molecule has 1 saturated carbocycles. The Morgan fingerprint density at radius 1 is 1.25 bits per heavy atom. The molecule has 2 aliphatic rings. The number of aliphatic hydroxyl groups excluding tert-OH is 1. The van der Waals surface area contributed by atoms with Crippen LogP contribution in [-0.4, -0.2) is 47.6 Å². The highest BCUT2D eigenvalue weighted by Crippen LogP contribution is 2.31. The summed E-state index contributed by atoms with van der Waals surface area (Å²) in [7, 11) is 0. The van der Waals surface area contributed by atoms with Gasteiger partial charge in [-0.3, -0.25) is 9.59 Å². The number of aliphatic hydroxyl groups is 1. The highest BCUT2D eigenvalue weighted by Gasteiger charge is 2.37. The Kier molecular flexibility index (Phi) is 7.08. The van der Waals surface area contributed by atoms with Gasteiger partial charge >= 0.3 is 0 Å². The van der Waals surface area contributed by atoms with E-state index in [9.17, 15) is 14.7 Å². The fourth-order valence-corrected chi connectivity index (χ4v) is 4.29. The van der Waals surface area contributed by atoms with Crippen molar-refractivity contribution in [1.82, 2.24) is 4.90 Å². The van der Waals surface area contributed by atoms with Gasteiger partial charge in [-0.2, -0.15) is 0 Å². The zero-order valence-electron chi connectivity index (χ0n) is 16.9. The van der Waals surface area contributed by atoms with Crippen LogP contribution in [-0.2, 0) is 14.3 Å². The Morgan fingerprint density at radius 3 is 2.54 bits per heavy atom. The van der Waals surface area contributed by atoms with Gasteiger partial charge in [0.1, 0.15) is 12.7 Å². The third-order valence-corrected chi connectivity index (χ3v) is 5.68. The van der Waals surface area contributed by atoms with E-state index >= 15 is 0 Å². The first-order chi connectivity index (χ1) is 13.5. The summed E-state index contributed by atoms with van der Waals surface area (Å²) in [6.45, 7) is 4.57. The predicted molar refractivity (Wildman–Crippen MR) is 108 cm³/mol. The number of benzene rings is 1. The van der Waals surface area contributed by atoms with Gasteiger partial charge in [0.2, 0.25) is 11.8 Å². The van der Waals surface area contributed by atoms with Crippen LogP contribution in [0.4, 0.5) is 5.69 Å². The van der Waals surface area contributed by atoms with Crippen molar-refractivity contribution in [3.8, 4) is 0 Å². The van der Waals surface area contributed by atoms with Crippen LogP contribution in [0.5, 0.6) is 0 Å². The van der Waals surface area contributed by atoms with Crippen LogP contribution in [0.1, 0.15) is 57.6 Å². The molecule has 3 rings (SSSR count). The van der Waals surface area contributed by atoms with Crippen molar-refractivity contribution in [3.63, 3.8) is 0 Å². The molecule has 6 heteroatoms. The molecule has 2 amide bonds. The van der Waals surface area contributed by atoms with Crippen LogP contribution in [0.3, 0.4) is 0 Å². The highest BCUT2D eigenvalue weighted by atomic mass is 16.5. The molecule has 1 aromatic rings. The molecule has 2 atom stereocenters. The second-order valence-corrected chi connectivity index (χ2v) is 8.45. The van der Waals surface area contributed by atoms with Crippen molar-refractivity contribution >= 4 is 17.5 Å². The molecule has 1 aliphatic carbocycles. The van der Waals surface area contributed by atoms with Gasteiger partial charge < -0.3 is 20.1 Å². The quantitative estimate of drug-likeness (QED) is 0.752. The molecule has 1 heterocycles. The molecule has 1 aromatic carbocycles. The number of carbonyl (C=O) groups excluding carboxylic acids is 2. The standard InChI is InChI=1S/C22H32N2O4/c1-15(2)12-24-19(13-25)22(28-14-21(24)27)17-7-9-18(10-8-17)23-20(26)11-16-5-3-4-6-16/h7-10,15-16,19,22,25H,3-6,11-14H2,1-2H3,(H,23,26). The molecule has 1 saturated heterocycles. The largest absolute Gasteiger partial charge is 0.394 e. The number of morpholine rings is 1. The Balaban J connectivity index is 1.64. The van der Waals surface area contributed by atoms with E-state index in [0.717, 1.165) is 24.1 Å². The van der Waals surface area contributed by atoms with Gasteiger partial charge in [0.25, 0.3) is 0 Å². The van der Waals surface area contributed by atoms with Gasteiger partial charge in [-0.25, -0.2) is 0 Å². The fourth-order valence-electron chi connectivity index (χ4n) is 4.29. The molecular weight excluding hydrogens is 356 g/mol. The second kappa shape index (κ2) is 9.52. The molecule has 2 fully saturated rings. The number of amides is 2. The van der Waals surface area contributed by atoms with Gasteiger partial charge in [0.15, 0.2) is 0 Å². The van der Waals surface area contributed by atoms with Crippen molar-refractivity contribution in [2.24, 2.45) is 11.8 Å². The lowest BCUT2D eigenvalue weighted by atomic mass is 9.98. The summed E-state index contributed by atoms with van der Waals surface area (Å²) >= 11 is 0. The average Bonchev–Trinajstić information content (AvgIpc) is 3.16. The van der Waals surface area contributed by atoms with Gasteiger partial charge in [-0.05, 0) is 42.4 Å². The van der Waals surface area contributed by atoms with Gasteiger partial charge in [-0.1, -0.05) is 38.8 Å². The number of ether oxygens (including phenoxy) is 1. The van der Waals surface area contributed by atoms with Gasteiger partial charge in [0, 0.05) is 18.7 Å². The normalized spacial score (nSPS) is 23.4. The minimum absolute atomic E-state index is 0.0216. The number of nitrogens with one attached hydrogen (secondary N) is 1. The maximum absolute atomic E-state index is 12.2. The SMILES string of the molecule is CC(C)CN1C(=O)COC(c2ccc(NC(=O)CC3CCCC3)cc2)C1CO. The highest BCUT2D eigenvalue weighted by molar-refractivity contribution is 5.90. The number of hydrogen-bond acceptors (Lipinski definition) is 4. The first kappa shape index (κ1) is 20.8.